The zero-order chi connectivity index (χ0) is 8.43. The van der Waals surface area contributed by atoms with Crippen molar-refractivity contribution in [2.24, 2.45) is 0 Å². The number of hydrogen-bond donors (Lipinski definition) is 1. The molecular weight excluding hydrogens is 204 g/mol. The van der Waals surface area contributed by atoms with Crippen LogP contribution in [0.4, 0.5) is 0 Å². The molecule has 0 aromatic heterocycles. The second-order valence-electron chi connectivity index (χ2n) is 2.70. The van der Waals surface area contributed by atoms with Crippen LogP contribution in [0.15, 0.2) is 22.7 Å². The van der Waals surface area contributed by atoms with Crippen LogP contribution in [0.2, 0.25) is 0 Å². The van der Waals surface area contributed by atoms with E-state index in [2.05, 4.69) is 15.9 Å². The van der Waals surface area contributed by atoms with Crippen LogP contribution < -0.4 is 0 Å². The first-order valence-corrected chi connectivity index (χ1v) is 4.34. The summed E-state index contributed by atoms with van der Waals surface area (Å²) in [7, 11) is 0. The number of aliphatic hydroxyl groups is 1. The van der Waals surface area contributed by atoms with Crippen molar-refractivity contribution >= 4 is 15.9 Å². The van der Waals surface area contributed by atoms with Crippen LogP contribution in [0.5, 0.6) is 0 Å². The van der Waals surface area contributed by atoms with Crippen molar-refractivity contribution in [3.05, 3.63) is 33.8 Å². The summed E-state index contributed by atoms with van der Waals surface area (Å²) in [5, 5.41) is 9.30. The Morgan fingerprint density at radius 1 is 1.45 bits per heavy atom. The molecule has 0 unspecified atom stereocenters. The molecule has 1 aromatic rings. The molecular formula is C9H11BrO. The minimum absolute atomic E-state index is 0.399. The van der Waals surface area contributed by atoms with Crippen LogP contribution >= 0.6 is 15.9 Å². The molecule has 1 atom stereocenters. The van der Waals surface area contributed by atoms with Crippen molar-refractivity contribution < 1.29 is 5.11 Å². The summed E-state index contributed by atoms with van der Waals surface area (Å²) in [6.07, 6.45) is -0.399. The second kappa shape index (κ2) is 3.37. The zero-order valence-corrected chi connectivity index (χ0v) is 8.22. The highest BCUT2D eigenvalue weighted by molar-refractivity contribution is 9.10. The molecule has 1 aromatic carbocycles. The minimum atomic E-state index is -0.399. The first-order valence-electron chi connectivity index (χ1n) is 3.55. The molecule has 0 amide bonds. The van der Waals surface area contributed by atoms with E-state index in [1.54, 1.807) is 6.92 Å². The van der Waals surface area contributed by atoms with Crippen LogP contribution in [0.3, 0.4) is 0 Å². The summed E-state index contributed by atoms with van der Waals surface area (Å²) in [5.74, 6) is 0. The standard InChI is InChI=1S/C9H11BrO/c1-6-3-4-9(10)8(5-6)7(2)11/h3-5,7,11H,1-2H3/t7-/m1/s1. The molecule has 1 rings (SSSR count). The van der Waals surface area contributed by atoms with Crippen LogP contribution in [0.1, 0.15) is 24.2 Å². The summed E-state index contributed by atoms with van der Waals surface area (Å²) in [6.45, 7) is 3.78. The maximum Gasteiger partial charge on any atom is 0.0772 e. The van der Waals surface area contributed by atoms with Crippen LogP contribution in [-0.2, 0) is 0 Å². The summed E-state index contributed by atoms with van der Waals surface area (Å²) in [6, 6.07) is 5.95. The molecule has 0 saturated heterocycles. The molecule has 0 spiro atoms. The van der Waals surface area contributed by atoms with Gasteiger partial charge in [0.15, 0.2) is 0 Å². The van der Waals surface area contributed by atoms with Gasteiger partial charge in [-0.2, -0.15) is 0 Å². The minimum Gasteiger partial charge on any atom is -0.389 e. The van der Waals surface area contributed by atoms with Gasteiger partial charge in [0.05, 0.1) is 6.10 Å². The number of aryl methyl sites for hydroxylation is 1. The van der Waals surface area contributed by atoms with Gasteiger partial charge in [-0.3, -0.25) is 0 Å². The van der Waals surface area contributed by atoms with Crippen molar-refractivity contribution in [2.45, 2.75) is 20.0 Å². The quantitative estimate of drug-likeness (QED) is 0.763. The molecule has 0 saturated carbocycles. The van der Waals surface area contributed by atoms with Crippen LogP contribution in [0.25, 0.3) is 0 Å². The van der Waals surface area contributed by atoms with Gasteiger partial charge in [0.1, 0.15) is 0 Å². The van der Waals surface area contributed by atoms with E-state index in [1.807, 2.05) is 25.1 Å². The molecule has 0 aliphatic rings. The normalized spacial score (nSPS) is 13.1. The lowest BCUT2D eigenvalue weighted by atomic mass is 10.1. The highest BCUT2D eigenvalue weighted by Crippen LogP contribution is 2.23. The molecule has 1 N–H and O–H groups in total. The first-order chi connectivity index (χ1) is 5.11. The van der Waals surface area contributed by atoms with E-state index in [1.165, 1.54) is 5.56 Å². The maximum atomic E-state index is 9.30. The summed E-state index contributed by atoms with van der Waals surface area (Å²) >= 11 is 3.37. The predicted octanol–water partition coefficient (Wildman–Crippen LogP) is 2.81. The van der Waals surface area contributed by atoms with E-state index < -0.39 is 6.10 Å². The highest BCUT2D eigenvalue weighted by Gasteiger charge is 2.04. The fourth-order valence-corrected chi connectivity index (χ4v) is 1.56. The summed E-state index contributed by atoms with van der Waals surface area (Å²) in [5.41, 5.74) is 2.12. The Labute approximate surface area is 75.2 Å². The highest BCUT2D eigenvalue weighted by atomic mass is 79.9. The fourth-order valence-electron chi connectivity index (χ4n) is 0.983. The zero-order valence-electron chi connectivity index (χ0n) is 6.63. The van der Waals surface area contributed by atoms with E-state index >= 15 is 0 Å². The van der Waals surface area contributed by atoms with Crippen molar-refractivity contribution in [3.63, 3.8) is 0 Å². The third-order valence-electron chi connectivity index (χ3n) is 1.60. The van der Waals surface area contributed by atoms with Crippen LogP contribution in [0, 0.1) is 6.92 Å². The van der Waals surface area contributed by atoms with E-state index in [0.717, 1.165) is 10.0 Å². The van der Waals surface area contributed by atoms with Crippen molar-refractivity contribution in [1.82, 2.24) is 0 Å². The molecule has 0 fully saturated rings. The first kappa shape index (κ1) is 8.75. The topological polar surface area (TPSA) is 20.2 Å². The van der Waals surface area contributed by atoms with E-state index in [9.17, 15) is 5.11 Å². The van der Waals surface area contributed by atoms with Gasteiger partial charge < -0.3 is 5.11 Å². The van der Waals surface area contributed by atoms with Gasteiger partial charge >= 0.3 is 0 Å². The van der Waals surface area contributed by atoms with Gasteiger partial charge in [-0.1, -0.05) is 33.6 Å². The third kappa shape index (κ3) is 2.04. The number of benzene rings is 1. The van der Waals surface area contributed by atoms with Crippen molar-refractivity contribution in [2.75, 3.05) is 0 Å². The Morgan fingerprint density at radius 2 is 2.09 bits per heavy atom. The maximum absolute atomic E-state index is 9.30. The van der Waals surface area contributed by atoms with Gasteiger partial charge in [0.2, 0.25) is 0 Å². The number of rotatable bonds is 1. The van der Waals surface area contributed by atoms with Gasteiger partial charge in [-0.15, -0.1) is 0 Å². The van der Waals surface area contributed by atoms with Gasteiger partial charge in [0, 0.05) is 4.47 Å². The van der Waals surface area contributed by atoms with Crippen molar-refractivity contribution in [1.29, 1.82) is 0 Å². The lowest BCUT2D eigenvalue weighted by Gasteiger charge is -2.07. The summed E-state index contributed by atoms with van der Waals surface area (Å²) in [4.78, 5) is 0. The monoisotopic (exact) mass is 214 g/mol. The fraction of sp³-hybridized carbons (Fsp3) is 0.333. The SMILES string of the molecule is Cc1ccc(Br)c([C@@H](C)O)c1. The predicted molar refractivity (Wildman–Crippen MR) is 49.5 cm³/mol. The molecule has 0 aliphatic heterocycles. The summed E-state index contributed by atoms with van der Waals surface area (Å²) < 4.78 is 0.970. The van der Waals surface area contributed by atoms with E-state index in [0.29, 0.717) is 0 Å². The number of hydrogen-bond acceptors (Lipinski definition) is 1. The Bertz CT molecular complexity index is 256. The largest absolute Gasteiger partial charge is 0.389 e. The number of halogens is 1. The lowest BCUT2D eigenvalue weighted by Crippen LogP contribution is -1.92. The van der Waals surface area contributed by atoms with Crippen molar-refractivity contribution in [3.8, 4) is 0 Å². The van der Waals surface area contributed by atoms with Crippen LogP contribution in [-0.4, -0.2) is 5.11 Å². The third-order valence-corrected chi connectivity index (χ3v) is 2.32. The molecule has 60 valence electrons. The Kier molecular flexibility index (Phi) is 2.68. The Morgan fingerprint density at radius 3 is 2.55 bits per heavy atom. The molecule has 2 heteroatoms. The molecule has 0 radical (unpaired) electrons. The van der Waals surface area contributed by atoms with Gasteiger partial charge in [-0.25, -0.2) is 0 Å². The molecule has 0 bridgehead atoms. The smallest absolute Gasteiger partial charge is 0.0772 e. The number of aliphatic hydroxyl groups excluding tert-OH is 1. The second-order valence-corrected chi connectivity index (χ2v) is 3.56. The Hall–Kier alpha value is -0.340. The average Bonchev–Trinajstić information content (AvgIpc) is 1.94. The van der Waals surface area contributed by atoms with E-state index in [4.69, 9.17) is 0 Å². The average molecular weight is 215 g/mol. The van der Waals surface area contributed by atoms with Gasteiger partial charge in [0.25, 0.3) is 0 Å². The van der Waals surface area contributed by atoms with Gasteiger partial charge in [-0.05, 0) is 25.5 Å². The molecule has 0 aliphatic carbocycles. The molecule has 1 nitrogen and oxygen atoms in total. The molecule has 11 heavy (non-hydrogen) atoms. The Balaban J connectivity index is 3.13. The lowest BCUT2D eigenvalue weighted by molar-refractivity contribution is 0.198. The molecule has 0 heterocycles. The van der Waals surface area contributed by atoms with E-state index in [-0.39, 0.29) is 0 Å².